The predicted octanol–water partition coefficient (Wildman–Crippen LogP) is 4.01. The number of ether oxygens (including phenoxy) is 1. The van der Waals surface area contributed by atoms with E-state index in [1.807, 2.05) is 30.5 Å². The molecule has 0 aliphatic rings. The minimum absolute atomic E-state index is 0.179. The highest BCUT2D eigenvalue weighted by atomic mass is 35.5. The van der Waals surface area contributed by atoms with E-state index in [2.05, 4.69) is 39.8 Å². The maximum Gasteiger partial charge on any atom is 0.224 e. The Morgan fingerprint density at radius 2 is 1.96 bits per heavy atom. The molecule has 1 aromatic heterocycles. The van der Waals surface area contributed by atoms with Crippen molar-refractivity contribution in [1.29, 1.82) is 0 Å². The van der Waals surface area contributed by atoms with Crippen LogP contribution in [0.5, 0.6) is 0 Å². The number of benzene rings is 1. The number of nitrogens with one attached hydrogen (secondary N) is 3. The molecule has 1 aromatic carbocycles. The van der Waals surface area contributed by atoms with E-state index in [4.69, 9.17) is 16.3 Å². The Morgan fingerprint density at radius 3 is 2.64 bits per heavy atom. The Morgan fingerprint density at radius 1 is 1.20 bits per heavy atom. The van der Waals surface area contributed by atoms with Gasteiger partial charge in [0.05, 0.1) is 16.3 Å². The molecule has 0 saturated carbocycles. The molecule has 0 aliphatic carbocycles. The number of aromatic nitrogens is 2. The number of methoxy groups -OCH3 is 1. The first-order chi connectivity index (χ1) is 11.9. The van der Waals surface area contributed by atoms with E-state index in [1.165, 1.54) is 0 Å². The van der Waals surface area contributed by atoms with Gasteiger partial charge in [-0.25, -0.2) is 4.98 Å². The first-order valence-corrected chi connectivity index (χ1v) is 8.64. The molecule has 7 heteroatoms. The van der Waals surface area contributed by atoms with Crippen molar-refractivity contribution in [2.75, 3.05) is 36.7 Å². The van der Waals surface area contributed by atoms with Gasteiger partial charge in [-0.3, -0.25) is 0 Å². The first-order valence-electron chi connectivity index (χ1n) is 8.26. The first kappa shape index (κ1) is 19.3. The Hall–Kier alpha value is -2.05. The Bertz CT molecular complexity index is 693. The summed E-state index contributed by atoms with van der Waals surface area (Å²) in [5.74, 6) is 1.38. The van der Waals surface area contributed by atoms with Crippen LogP contribution in [0.15, 0.2) is 30.5 Å². The summed E-state index contributed by atoms with van der Waals surface area (Å²) in [6.45, 7) is 5.45. The quantitative estimate of drug-likeness (QED) is 0.625. The lowest BCUT2D eigenvalue weighted by atomic mass is 10.1. The molecule has 0 bridgehead atoms. The second kappa shape index (κ2) is 8.87. The molecule has 0 amide bonds. The molecule has 0 fully saturated rings. The third kappa shape index (κ3) is 5.76. The molecule has 0 radical (unpaired) electrons. The summed E-state index contributed by atoms with van der Waals surface area (Å²) in [6, 6.07) is 7.65. The van der Waals surface area contributed by atoms with Gasteiger partial charge < -0.3 is 20.7 Å². The van der Waals surface area contributed by atoms with Crippen molar-refractivity contribution in [2.45, 2.75) is 32.4 Å². The van der Waals surface area contributed by atoms with E-state index in [0.717, 1.165) is 30.0 Å². The third-order valence-corrected chi connectivity index (χ3v) is 4.33. The number of rotatable bonds is 9. The monoisotopic (exact) mass is 363 g/mol. The van der Waals surface area contributed by atoms with E-state index < -0.39 is 0 Å². The van der Waals surface area contributed by atoms with Crippen LogP contribution in [0.4, 0.5) is 17.5 Å². The van der Waals surface area contributed by atoms with Crippen molar-refractivity contribution < 1.29 is 4.74 Å². The molecule has 0 unspecified atom stereocenters. The molecular weight excluding hydrogens is 338 g/mol. The van der Waals surface area contributed by atoms with E-state index in [9.17, 15) is 0 Å². The number of halogens is 1. The topological polar surface area (TPSA) is 71.1 Å². The van der Waals surface area contributed by atoms with Crippen molar-refractivity contribution in [3.8, 4) is 0 Å². The number of para-hydroxylation sites is 1. The molecule has 0 spiro atoms. The Labute approximate surface area is 154 Å². The molecule has 2 aromatic rings. The number of hydrogen-bond donors (Lipinski definition) is 3. The molecule has 25 heavy (non-hydrogen) atoms. The van der Waals surface area contributed by atoms with Crippen molar-refractivity contribution in [3.63, 3.8) is 0 Å². The van der Waals surface area contributed by atoms with Crippen molar-refractivity contribution in [3.05, 3.63) is 41.0 Å². The second-order valence-corrected chi connectivity index (χ2v) is 6.70. The summed E-state index contributed by atoms with van der Waals surface area (Å²) in [7, 11) is 3.53. The van der Waals surface area contributed by atoms with Gasteiger partial charge in [0, 0.05) is 39.0 Å². The third-order valence-electron chi connectivity index (χ3n) is 4.00. The number of anilines is 3. The molecule has 3 N–H and O–H groups in total. The molecule has 6 nitrogen and oxygen atoms in total. The standard InChI is InChI=1S/C18H26ClN5O/c1-18(2,25-4)9-10-21-16-13(12-23-17(20-3)24-16)11-22-15-8-6-5-7-14(15)19/h5-8,12,22H,9-11H2,1-4H3,(H2,20,21,23,24). The van der Waals surface area contributed by atoms with Crippen LogP contribution in [0.25, 0.3) is 0 Å². The summed E-state index contributed by atoms with van der Waals surface area (Å²) in [5.41, 5.74) is 1.67. The summed E-state index contributed by atoms with van der Waals surface area (Å²) in [5, 5.41) is 10.4. The smallest absolute Gasteiger partial charge is 0.224 e. The molecule has 1 heterocycles. The van der Waals surface area contributed by atoms with Crippen LogP contribution in [0.2, 0.25) is 5.02 Å². The minimum atomic E-state index is -0.179. The minimum Gasteiger partial charge on any atom is -0.380 e. The molecule has 136 valence electrons. The lowest BCUT2D eigenvalue weighted by molar-refractivity contribution is 0.0184. The van der Waals surface area contributed by atoms with Gasteiger partial charge in [-0.05, 0) is 32.4 Å². The van der Waals surface area contributed by atoms with Crippen LogP contribution in [0.3, 0.4) is 0 Å². The largest absolute Gasteiger partial charge is 0.380 e. The van der Waals surface area contributed by atoms with E-state index >= 15 is 0 Å². The molecule has 0 aliphatic heterocycles. The summed E-state index contributed by atoms with van der Waals surface area (Å²) >= 11 is 6.19. The second-order valence-electron chi connectivity index (χ2n) is 6.29. The van der Waals surface area contributed by atoms with Gasteiger partial charge >= 0.3 is 0 Å². The van der Waals surface area contributed by atoms with Crippen molar-refractivity contribution >= 4 is 29.1 Å². The number of nitrogens with zero attached hydrogens (tertiary/aromatic N) is 2. The van der Waals surface area contributed by atoms with Crippen LogP contribution in [0, 0.1) is 0 Å². The maximum atomic E-state index is 6.19. The highest BCUT2D eigenvalue weighted by Gasteiger charge is 2.16. The lowest BCUT2D eigenvalue weighted by Gasteiger charge is -2.23. The number of hydrogen-bond acceptors (Lipinski definition) is 6. The normalized spacial score (nSPS) is 11.2. The summed E-state index contributed by atoms with van der Waals surface area (Å²) in [4.78, 5) is 8.83. The summed E-state index contributed by atoms with van der Waals surface area (Å²) in [6.07, 6.45) is 2.67. The van der Waals surface area contributed by atoms with Crippen LogP contribution in [0.1, 0.15) is 25.8 Å². The van der Waals surface area contributed by atoms with Crippen molar-refractivity contribution in [2.24, 2.45) is 0 Å². The van der Waals surface area contributed by atoms with Crippen LogP contribution in [-0.4, -0.2) is 36.3 Å². The molecule has 2 rings (SSSR count). The van der Waals surface area contributed by atoms with Gasteiger partial charge in [-0.15, -0.1) is 0 Å². The molecular formula is C18H26ClN5O. The highest BCUT2D eigenvalue weighted by molar-refractivity contribution is 6.33. The van der Waals surface area contributed by atoms with Gasteiger partial charge in [-0.2, -0.15) is 4.98 Å². The van der Waals surface area contributed by atoms with Crippen molar-refractivity contribution in [1.82, 2.24) is 9.97 Å². The zero-order valence-electron chi connectivity index (χ0n) is 15.2. The fourth-order valence-electron chi connectivity index (χ4n) is 2.19. The van der Waals surface area contributed by atoms with Crippen LogP contribution in [-0.2, 0) is 11.3 Å². The fourth-order valence-corrected chi connectivity index (χ4v) is 2.39. The predicted molar refractivity (Wildman–Crippen MR) is 105 cm³/mol. The van der Waals surface area contributed by atoms with Crippen LogP contribution >= 0.6 is 11.6 Å². The van der Waals surface area contributed by atoms with Gasteiger partial charge in [0.1, 0.15) is 5.82 Å². The van der Waals surface area contributed by atoms with Crippen LogP contribution < -0.4 is 16.0 Å². The van der Waals surface area contributed by atoms with Gasteiger partial charge in [0.2, 0.25) is 5.95 Å². The van der Waals surface area contributed by atoms with E-state index in [-0.39, 0.29) is 5.60 Å². The molecule has 0 saturated heterocycles. The van der Waals surface area contributed by atoms with E-state index in [0.29, 0.717) is 17.5 Å². The summed E-state index contributed by atoms with van der Waals surface area (Å²) < 4.78 is 5.46. The zero-order chi connectivity index (χ0) is 18.3. The fraction of sp³-hybridized carbons (Fsp3) is 0.444. The Balaban J connectivity index is 2.07. The maximum absolute atomic E-state index is 6.19. The SMILES string of the molecule is CNc1ncc(CNc2ccccc2Cl)c(NCCC(C)(C)OC)n1. The highest BCUT2D eigenvalue weighted by Crippen LogP contribution is 2.23. The Kier molecular flexibility index (Phi) is 6.84. The lowest BCUT2D eigenvalue weighted by Crippen LogP contribution is -2.26. The molecule has 0 atom stereocenters. The average molecular weight is 364 g/mol. The van der Waals surface area contributed by atoms with Gasteiger partial charge in [-0.1, -0.05) is 23.7 Å². The van der Waals surface area contributed by atoms with E-state index in [1.54, 1.807) is 14.2 Å². The average Bonchev–Trinajstić information content (AvgIpc) is 2.61. The zero-order valence-corrected chi connectivity index (χ0v) is 15.9. The van der Waals surface area contributed by atoms with Gasteiger partial charge in [0.15, 0.2) is 0 Å². The van der Waals surface area contributed by atoms with Gasteiger partial charge in [0.25, 0.3) is 0 Å².